The van der Waals surface area contributed by atoms with Gasteiger partial charge in [-0.15, -0.1) is 0 Å². The molecule has 5 nitrogen and oxygen atoms in total. The summed E-state index contributed by atoms with van der Waals surface area (Å²) in [6.45, 7) is 5.52. The average Bonchev–Trinajstić information content (AvgIpc) is 2.79. The van der Waals surface area contributed by atoms with Crippen molar-refractivity contribution in [3.8, 4) is 5.75 Å². The summed E-state index contributed by atoms with van der Waals surface area (Å²) in [7, 11) is 0. The lowest BCUT2D eigenvalue weighted by Crippen LogP contribution is -2.47. The number of carbonyl (C=O) groups excluding carboxylic acids is 1. The Bertz CT molecular complexity index is 647. The molecular formula is C16H18N2O3S. The lowest BCUT2D eigenvalue weighted by molar-refractivity contribution is -0.113. The Balaban J connectivity index is 1.76. The molecule has 0 bridgehead atoms. The fraction of sp³-hybridized carbons (Fsp3) is 0.375. The molecule has 1 N–H and O–H groups in total. The molecule has 22 heavy (non-hydrogen) atoms. The highest BCUT2D eigenvalue weighted by Gasteiger charge is 2.30. The molecule has 1 aromatic rings. The number of benzene rings is 1. The molecule has 0 radical (unpaired) electrons. The van der Waals surface area contributed by atoms with Crippen molar-refractivity contribution in [1.29, 1.82) is 0 Å². The molecular weight excluding hydrogens is 300 g/mol. The van der Waals surface area contributed by atoms with E-state index in [1.807, 2.05) is 19.9 Å². The van der Waals surface area contributed by atoms with Crippen LogP contribution in [0.1, 0.15) is 19.4 Å². The van der Waals surface area contributed by atoms with Crippen LogP contribution in [0.5, 0.6) is 5.75 Å². The molecule has 2 aliphatic heterocycles. The fourth-order valence-corrected chi connectivity index (χ4v) is 3.56. The molecule has 1 aromatic carbocycles. The molecule has 1 amide bonds. The van der Waals surface area contributed by atoms with Crippen LogP contribution in [0.25, 0.3) is 6.08 Å². The van der Waals surface area contributed by atoms with E-state index in [4.69, 9.17) is 4.74 Å². The molecule has 3 rings (SSSR count). The summed E-state index contributed by atoms with van der Waals surface area (Å²) in [5, 5.41) is 10.2. The number of thioether (sulfide) groups is 1. The van der Waals surface area contributed by atoms with Gasteiger partial charge in [-0.2, -0.15) is 4.99 Å². The first-order valence-corrected chi connectivity index (χ1v) is 8.05. The van der Waals surface area contributed by atoms with Crippen molar-refractivity contribution in [2.45, 2.75) is 26.1 Å². The maximum absolute atomic E-state index is 12.1. The van der Waals surface area contributed by atoms with Crippen LogP contribution in [0.2, 0.25) is 0 Å². The number of aliphatic imine (C=N–C) groups is 1. The highest BCUT2D eigenvalue weighted by atomic mass is 32.2. The quantitative estimate of drug-likeness (QED) is 0.806. The molecule has 2 heterocycles. The lowest BCUT2D eigenvalue weighted by Gasteiger charge is -2.35. The number of rotatable bonds is 1. The third-order valence-electron chi connectivity index (χ3n) is 3.47. The highest BCUT2D eigenvalue weighted by molar-refractivity contribution is 8.18. The summed E-state index contributed by atoms with van der Waals surface area (Å²) < 4.78 is 5.71. The number of nitrogens with zero attached hydrogens (tertiary/aromatic N) is 2. The number of carbonyl (C=O) groups is 1. The minimum absolute atomic E-state index is 0.126. The van der Waals surface area contributed by atoms with Gasteiger partial charge in [0.1, 0.15) is 5.75 Å². The van der Waals surface area contributed by atoms with Crippen LogP contribution in [0.3, 0.4) is 0 Å². The van der Waals surface area contributed by atoms with Gasteiger partial charge in [0.25, 0.3) is 5.91 Å². The smallest absolute Gasteiger partial charge is 0.286 e. The number of morpholine rings is 1. The average molecular weight is 318 g/mol. The number of phenolic OH excluding ortho intramolecular Hbond substituents is 1. The van der Waals surface area contributed by atoms with E-state index in [0.717, 1.165) is 23.8 Å². The topological polar surface area (TPSA) is 62.1 Å². The maximum Gasteiger partial charge on any atom is 0.286 e. The zero-order valence-corrected chi connectivity index (χ0v) is 13.3. The summed E-state index contributed by atoms with van der Waals surface area (Å²) in [6.07, 6.45) is 2.01. The van der Waals surface area contributed by atoms with Crippen LogP contribution in [-0.4, -0.2) is 46.4 Å². The van der Waals surface area contributed by atoms with Crippen molar-refractivity contribution in [3.05, 3.63) is 34.7 Å². The monoisotopic (exact) mass is 318 g/mol. The summed E-state index contributed by atoms with van der Waals surface area (Å²) >= 11 is 1.38. The van der Waals surface area contributed by atoms with Gasteiger partial charge in [0.05, 0.1) is 17.1 Å². The van der Waals surface area contributed by atoms with Gasteiger partial charge in [0.2, 0.25) is 0 Å². The zero-order chi connectivity index (χ0) is 15.7. The Hall–Kier alpha value is -1.79. The van der Waals surface area contributed by atoms with Crippen LogP contribution >= 0.6 is 11.8 Å². The van der Waals surface area contributed by atoms with Crippen LogP contribution in [0.15, 0.2) is 34.2 Å². The Labute approximate surface area is 133 Å². The first-order chi connectivity index (χ1) is 10.5. The minimum atomic E-state index is -0.227. The largest absolute Gasteiger partial charge is 0.508 e. The third-order valence-corrected chi connectivity index (χ3v) is 4.51. The molecule has 1 saturated heterocycles. The lowest BCUT2D eigenvalue weighted by atomic mass is 10.2. The molecule has 0 saturated carbocycles. The number of ether oxygens (including phenoxy) is 1. The molecule has 0 unspecified atom stereocenters. The number of hydrogen-bond acceptors (Lipinski definition) is 5. The van der Waals surface area contributed by atoms with Crippen molar-refractivity contribution in [2.75, 3.05) is 13.1 Å². The van der Waals surface area contributed by atoms with E-state index < -0.39 is 0 Å². The number of hydrogen-bond donors (Lipinski definition) is 1. The van der Waals surface area contributed by atoms with Gasteiger partial charge in [-0.1, -0.05) is 12.1 Å². The second-order valence-electron chi connectivity index (χ2n) is 5.57. The van der Waals surface area contributed by atoms with E-state index in [-0.39, 0.29) is 23.9 Å². The van der Waals surface area contributed by atoms with Crippen LogP contribution in [0, 0.1) is 0 Å². The normalized spacial score (nSPS) is 27.4. The molecule has 0 spiro atoms. The number of amides is 1. The van der Waals surface area contributed by atoms with Crippen LogP contribution < -0.4 is 0 Å². The van der Waals surface area contributed by atoms with E-state index in [2.05, 4.69) is 9.89 Å². The Morgan fingerprint density at radius 3 is 2.77 bits per heavy atom. The predicted molar refractivity (Wildman–Crippen MR) is 87.7 cm³/mol. The third kappa shape index (κ3) is 3.34. The van der Waals surface area contributed by atoms with Gasteiger partial charge in [-0.05, 0) is 49.4 Å². The Morgan fingerprint density at radius 2 is 2.09 bits per heavy atom. The SMILES string of the molecule is C[C@H]1CN(C2=NC(=O)/C(=C\c3cccc(O)c3)S2)C[C@H](C)O1. The summed E-state index contributed by atoms with van der Waals surface area (Å²) in [5.74, 6) is -0.0445. The first-order valence-electron chi connectivity index (χ1n) is 7.23. The molecule has 0 aliphatic carbocycles. The van der Waals surface area contributed by atoms with Crippen molar-refractivity contribution in [1.82, 2.24) is 4.90 Å². The summed E-state index contributed by atoms with van der Waals surface area (Å²) in [5.41, 5.74) is 0.788. The number of amidine groups is 1. The van der Waals surface area contributed by atoms with E-state index in [0.29, 0.717) is 4.91 Å². The van der Waals surface area contributed by atoms with Gasteiger partial charge < -0.3 is 14.7 Å². The number of phenols is 1. The Kier molecular flexibility index (Phi) is 4.22. The fourth-order valence-electron chi connectivity index (χ4n) is 2.63. The second kappa shape index (κ2) is 6.14. The van der Waals surface area contributed by atoms with Crippen molar-refractivity contribution in [2.24, 2.45) is 4.99 Å². The first kappa shape index (κ1) is 15.1. The van der Waals surface area contributed by atoms with Gasteiger partial charge >= 0.3 is 0 Å². The van der Waals surface area contributed by atoms with Crippen LogP contribution in [0.4, 0.5) is 0 Å². The predicted octanol–water partition coefficient (Wildman–Crippen LogP) is 2.47. The second-order valence-corrected chi connectivity index (χ2v) is 6.58. The molecule has 0 aromatic heterocycles. The van der Waals surface area contributed by atoms with E-state index in [1.54, 1.807) is 24.3 Å². The van der Waals surface area contributed by atoms with Crippen molar-refractivity contribution < 1.29 is 14.6 Å². The molecule has 116 valence electrons. The zero-order valence-electron chi connectivity index (χ0n) is 12.5. The maximum atomic E-state index is 12.1. The summed E-state index contributed by atoms with van der Waals surface area (Å²) in [4.78, 5) is 18.9. The van der Waals surface area contributed by atoms with Crippen molar-refractivity contribution >= 4 is 28.9 Å². The van der Waals surface area contributed by atoms with E-state index >= 15 is 0 Å². The summed E-state index contributed by atoms with van der Waals surface area (Å²) in [6, 6.07) is 6.82. The van der Waals surface area contributed by atoms with Crippen LogP contribution in [-0.2, 0) is 9.53 Å². The molecule has 6 heteroatoms. The van der Waals surface area contributed by atoms with Crippen molar-refractivity contribution in [3.63, 3.8) is 0 Å². The Morgan fingerprint density at radius 1 is 1.36 bits per heavy atom. The van der Waals surface area contributed by atoms with E-state index in [9.17, 15) is 9.90 Å². The van der Waals surface area contributed by atoms with Gasteiger partial charge in [-0.25, -0.2) is 0 Å². The number of aromatic hydroxyl groups is 1. The molecule has 1 fully saturated rings. The molecule has 2 aliphatic rings. The highest BCUT2D eigenvalue weighted by Crippen LogP contribution is 2.31. The standard InChI is InChI=1S/C16H18N2O3S/c1-10-8-18(9-11(2)21-10)16-17-15(20)14(22-16)7-12-4-3-5-13(19)6-12/h3-7,10-11,19H,8-9H2,1-2H3/b14-7+/t10-,11-/m0/s1. The van der Waals surface area contributed by atoms with E-state index in [1.165, 1.54) is 11.8 Å². The van der Waals surface area contributed by atoms with Gasteiger partial charge in [-0.3, -0.25) is 4.79 Å². The molecule has 2 atom stereocenters. The minimum Gasteiger partial charge on any atom is -0.508 e. The van der Waals surface area contributed by atoms with Gasteiger partial charge in [0, 0.05) is 13.1 Å². The van der Waals surface area contributed by atoms with Gasteiger partial charge in [0.15, 0.2) is 5.17 Å².